The van der Waals surface area contributed by atoms with Crippen LogP contribution >= 0.6 is 12.2 Å². The number of nitrogens with one attached hydrogen (secondary N) is 1. The standard InChI is InChI=1S/C4H7N3S/c5-7-3-1-2-6-4(7)8/h1,3H,2,5H2,(H,6,8). The minimum Gasteiger partial charge on any atom is -0.358 e. The Balaban J connectivity index is 2.60. The third kappa shape index (κ3) is 0.962. The van der Waals surface area contributed by atoms with E-state index in [1.807, 2.05) is 6.08 Å². The molecule has 0 saturated heterocycles. The van der Waals surface area contributed by atoms with Crippen LogP contribution < -0.4 is 11.2 Å². The van der Waals surface area contributed by atoms with Gasteiger partial charge < -0.3 is 5.32 Å². The van der Waals surface area contributed by atoms with Gasteiger partial charge in [-0.3, -0.25) is 5.01 Å². The van der Waals surface area contributed by atoms with Crippen molar-refractivity contribution in [1.82, 2.24) is 10.3 Å². The maximum absolute atomic E-state index is 5.32. The zero-order chi connectivity index (χ0) is 5.98. The van der Waals surface area contributed by atoms with Crippen LogP contribution in [-0.4, -0.2) is 16.7 Å². The summed E-state index contributed by atoms with van der Waals surface area (Å²) in [4.78, 5) is 0. The quantitative estimate of drug-likeness (QED) is 0.344. The summed E-state index contributed by atoms with van der Waals surface area (Å²) < 4.78 is 0. The lowest BCUT2D eigenvalue weighted by molar-refractivity contribution is 0.566. The van der Waals surface area contributed by atoms with Crippen molar-refractivity contribution in [2.24, 2.45) is 5.84 Å². The van der Waals surface area contributed by atoms with Gasteiger partial charge >= 0.3 is 0 Å². The highest BCUT2D eigenvalue weighted by Crippen LogP contribution is 1.87. The molecule has 1 heterocycles. The highest BCUT2D eigenvalue weighted by molar-refractivity contribution is 7.80. The predicted molar refractivity (Wildman–Crippen MR) is 35.8 cm³/mol. The molecule has 0 aromatic heterocycles. The number of nitrogens with two attached hydrogens (primary N) is 1. The lowest BCUT2D eigenvalue weighted by Crippen LogP contribution is -2.43. The molecule has 8 heavy (non-hydrogen) atoms. The molecule has 0 amide bonds. The Kier molecular flexibility index (Phi) is 1.45. The number of nitrogens with zero attached hydrogens (tertiary/aromatic N) is 1. The van der Waals surface area contributed by atoms with Crippen LogP contribution in [0.2, 0.25) is 0 Å². The van der Waals surface area contributed by atoms with E-state index in [1.54, 1.807) is 6.20 Å². The number of thiocarbonyl (C=S) groups is 1. The molecule has 3 N–H and O–H groups in total. The van der Waals surface area contributed by atoms with Gasteiger partial charge in [0.15, 0.2) is 5.11 Å². The third-order valence-corrected chi connectivity index (χ3v) is 1.23. The molecule has 0 bridgehead atoms. The molecule has 1 rings (SSSR count). The van der Waals surface area contributed by atoms with Crippen LogP contribution in [0.5, 0.6) is 0 Å². The van der Waals surface area contributed by atoms with Crippen LogP contribution in [0.3, 0.4) is 0 Å². The van der Waals surface area contributed by atoms with Crippen LogP contribution in [-0.2, 0) is 0 Å². The molecule has 0 aromatic rings. The molecule has 0 unspecified atom stereocenters. The van der Waals surface area contributed by atoms with Gasteiger partial charge in [0.25, 0.3) is 0 Å². The third-order valence-electron chi connectivity index (χ3n) is 0.872. The monoisotopic (exact) mass is 129 g/mol. The Morgan fingerprint density at radius 1 is 1.88 bits per heavy atom. The zero-order valence-electron chi connectivity index (χ0n) is 4.29. The molecule has 1 aliphatic heterocycles. The van der Waals surface area contributed by atoms with Crippen LogP contribution in [0.1, 0.15) is 0 Å². The zero-order valence-corrected chi connectivity index (χ0v) is 5.11. The molecule has 0 atom stereocenters. The second kappa shape index (κ2) is 2.11. The first kappa shape index (κ1) is 5.53. The minimum atomic E-state index is 0.576. The largest absolute Gasteiger partial charge is 0.358 e. The predicted octanol–water partition coefficient (Wildman–Crippen LogP) is -0.436. The summed E-state index contributed by atoms with van der Waals surface area (Å²) >= 11 is 4.77. The Hall–Kier alpha value is -0.610. The van der Waals surface area contributed by atoms with Crippen molar-refractivity contribution in [3.63, 3.8) is 0 Å². The van der Waals surface area contributed by atoms with Gasteiger partial charge in [0, 0.05) is 12.7 Å². The van der Waals surface area contributed by atoms with Crippen molar-refractivity contribution in [3.05, 3.63) is 12.3 Å². The average Bonchev–Trinajstić information content (AvgIpc) is 1.77. The fourth-order valence-electron chi connectivity index (χ4n) is 0.471. The molecule has 0 fully saturated rings. The van der Waals surface area contributed by atoms with Gasteiger partial charge in [-0.05, 0) is 18.3 Å². The topological polar surface area (TPSA) is 41.3 Å². The number of hydrazine groups is 1. The van der Waals surface area contributed by atoms with E-state index < -0.39 is 0 Å². The SMILES string of the molecule is NN1C=CCNC1=S. The van der Waals surface area contributed by atoms with Crippen molar-refractivity contribution in [1.29, 1.82) is 0 Å². The first-order valence-corrected chi connectivity index (χ1v) is 2.70. The van der Waals surface area contributed by atoms with Crippen molar-refractivity contribution in [3.8, 4) is 0 Å². The Labute approximate surface area is 53.1 Å². The van der Waals surface area contributed by atoms with Gasteiger partial charge in [0.2, 0.25) is 0 Å². The van der Waals surface area contributed by atoms with Crippen molar-refractivity contribution in [2.45, 2.75) is 0 Å². The van der Waals surface area contributed by atoms with Crippen LogP contribution in [0.25, 0.3) is 0 Å². The summed E-state index contributed by atoms with van der Waals surface area (Å²) in [6, 6.07) is 0. The maximum atomic E-state index is 5.32. The molecule has 0 aromatic carbocycles. The van der Waals surface area contributed by atoms with Crippen molar-refractivity contribution >= 4 is 17.3 Å². The lowest BCUT2D eigenvalue weighted by Gasteiger charge is -2.18. The molecular formula is C4H7N3S. The van der Waals surface area contributed by atoms with E-state index in [-0.39, 0.29) is 0 Å². The van der Waals surface area contributed by atoms with Gasteiger partial charge in [0.05, 0.1) is 0 Å². The highest BCUT2D eigenvalue weighted by atomic mass is 32.1. The van der Waals surface area contributed by atoms with E-state index in [4.69, 9.17) is 18.1 Å². The Bertz CT molecular complexity index is 131. The van der Waals surface area contributed by atoms with E-state index >= 15 is 0 Å². The van der Waals surface area contributed by atoms with E-state index in [0.717, 1.165) is 6.54 Å². The molecule has 0 radical (unpaired) electrons. The van der Waals surface area contributed by atoms with Crippen LogP contribution in [0.15, 0.2) is 12.3 Å². The van der Waals surface area contributed by atoms with E-state index in [1.165, 1.54) is 5.01 Å². The van der Waals surface area contributed by atoms with Crippen LogP contribution in [0.4, 0.5) is 0 Å². The Morgan fingerprint density at radius 3 is 3.00 bits per heavy atom. The molecule has 44 valence electrons. The van der Waals surface area contributed by atoms with E-state index in [0.29, 0.717) is 5.11 Å². The molecular weight excluding hydrogens is 122 g/mol. The number of rotatable bonds is 0. The molecule has 0 spiro atoms. The second-order valence-corrected chi connectivity index (χ2v) is 1.86. The van der Waals surface area contributed by atoms with E-state index in [9.17, 15) is 0 Å². The Morgan fingerprint density at radius 2 is 2.62 bits per heavy atom. The highest BCUT2D eigenvalue weighted by Gasteiger charge is 2.01. The van der Waals surface area contributed by atoms with Crippen molar-refractivity contribution < 1.29 is 0 Å². The fraction of sp³-hybridized carbons (Fsp3) is 0.250. The van der Waals surface area contributed by atoms with E-state index in [2.05, 4.69) is 5.32 Å². The summed E-state index contributed by atoms with van der Waals surface area (Å²) in [5.41, 5.74) is 0. The van der Waals surface area contributed by atoms with Crippen LogP contribution in [0, 0.1) is 0 Å². The molecule has 0 aliphatic carbocycles. The first-order chi connectivity index (χ1) is 3.80. The normalized spacial score (nSPS) is 18.6. The summed E-state index contributed by atoms with van der Waals surface area (Å²) in [5, 5.41) is 4.83. The van der Waals surface area contributed by atoms with Gasteiger partial charge in [-0.15, -0.1) is 0 Å². The summed E-state index contributed by atoms with van der Waals surface area (Å²) in [6.07, 6.45) is 3.63. The first-order valence-electron chi connectivity index (χ1n) is 2.29. The molecule has 4 heteroatoms. The smallest absolute Gasteiger partial charge is 0.187 e. The van der Waals surface area contributed by atoms with Gasteiger partial charge in [0.1, 0.15) is 0 Å². The summed E-state index contributed by atoms with van der Waals surface area (Å²) in [7, 11) is 0. The molecule has 1 aliphatic rings. The average molecular weight is 129 g/mol. The minimum absolute atomic E-state index is 0.576. The molecule has 3 nitrogen and oxygen atoms in total. The number of hydrogen-bond donors (Lipinski definition) is 2. The number of hydrogen-bond acceptors (Lipinski definition) is 2. The summed E-state index contributed by atoms with van der Waals surface area (Å²) in [5.74, 6) is 5.32. The maximum Gasteiger partial charge on any atom is 0.187 e. The lowest BCUT2D eigenvalue weighted by atomic mass is 10.5. The molecule has 0 saturated carbocycles. The van der Waals surface area contributed by atoms with Crippen molar-refractivity contribution in [2.75, 3.05) is 6.54 Å². The van der Waals surface area contributed by atoms with Gasteiger partial charge in [-0.1, -0.05) is 0 Å². The second-order valence-electron chi connectivity index (χ2n) is 1.48. The van der Waals surface area contributed by atoms with Gasteiger partial charge in [-0.2, -0.15) is 0 Å². The fourth-order valence-corrected chi connectivity index (χ4v) is 0.616. The summed E-state index contributed by atoms with van der Waals surface area (Å²) in [6.45, 7) is 0.784. The van der Waals surface area contributed by atoms with Gasteiger partial charge in [-0.25, -0.2) is 5.84 Å².